The van der Waals surface area contributed by atoms with Gasteiger partial charge in [-0.2, -0.15) is 0 Å². The lowest BCUT2D eigenvalue weighted by Crippen LogP contribution is -2.56. The fourth-order valence-corrected chi connectivity index (χ4v) is 8.14. The number of amides is 2. The summed E-state index contributed by atoms with van der Waals surface area (Å²) in [5.41, 5.74) is -0.283. The van der Waals surface area contributed by atoms with Crippen molar-refractivity contribution in [3.8, 4) is 0 Å². The molecule has 1 spiro atoms. The van der Waals surface area contributed by atoms with Gasteiger partial charge in [0, 0.05) is 57.5 Å². The number of ether oxygens (including phenoxy) is 1. The summed E-state index contributed by atoms with van der Waals surface area (Å²) in [4.78, 5) is 33.1. The lowest BCUT2D eigenvalue weighted by Gasteiger charge is -2.46. The molecule has 0 bridgehead atoms. The summed E-state index contributed by atoms with van der Waals surface area (Å²) >= 11 is 0. The summed E-state index contributed by atoms with van der Waals surface area (Å²) in [6.07, 6.45) is 20.0. The van der Waals surface area contributed by atoms with Crippen LogP contribution in [-0.4, -0.2) is 77.1 Å². The Labute approximate surface area is 219 Å². The maximum absolute atomic E-state index is 13.2. The van der Waals surface area contributed by atoms with Gasteiger partial charge in [0.2, 0.25) is 5.91 Å². The number of carbonyl (C=O) groups excluding carboxylic acids is 2. The Morgan fingerprint density at radius 3 is 2.17 bits per heavy atom. The molecule has 5 aliphatic rings. The molecule has 2 aliphatic carbocycles. The van der Waals surface area contributed by atoms with Crippen LogP contribution in [0, 0.1) is 11.8 Å². The van der Waals surface area contributed by atoms with Crippen molar-refractivity contribution >= 4 is 12.0 Å². The maximum atomic E-state index is 13.2. The van der Waals surface area contributed by atoms with Crippen LogP contribution in [0.5, 0.6) is 0 Å². The minimum atomic E-state index is -0.283. The minimum absolute atomic E-state index is 0.0374. The quantitative estimate of drug-likeness (QED) is 0.430. The molecule has 2 amide bonds. The number of likely N-dealkylation sites (tertiary alicyclic amines) is 2. The van der Waals surface area contributed by atoms with Gasteiger partial charge >= 0.3 is 6.09 Å². The second kappa shape index (κ2) is 12.0. The van der Waals surface area contributed by atoms with E-state index < -0.39 is 0 Å². The summed E-state index contributed by atoms with van der Waals surface area (Å²) in [7, 11) is 0. The molecule has 0 aromatic carbocycles. The van der Waals surface area contributed by atoms with Crippen LogP contribution in [0.3, 0.4) is 0 Å². The highest BCUT2D eigenvalue weighted by Crippen LogP contribution is 2.43. The number of hydrogen-bond donors (Lipinski definition) is 0. The average molecular weight is 502 g/mol. The van der Waals surface area contributed by atoms with E-state index in [0.29, 0.717) is 23.8 Å². The van der Waals surface area contributed by atoms with Gasteiger partial charge in [-0.15, -0.1) is 0 Å². The molecule has 5 fully saturated rings. The molecule has 0 radical (unpaired) electrons. The molecule has 3 saturated heterocycles. The summed E-state index contributed by atoms with van der Waals surface area (Å²) in [6, 6.07) is 0.825. The Bertz CT molecular complexity index is 730. The fourth-order valence-electron chi connectivity index (χ4n) is 8.14. The molecular formula is C30H51N3O3. The SMILES string of the molecule is CCCCC1N(CC2CCCCC2)C(=O)OC12CCN(C1CCN(C(=O)C3CCCCC3)CC1)CC2. The van der Waals surface area contributed by atoms with E-state index in [9.17, 15) is 9.59 Å². The van der Waals surface area contributed by atoms with Gasteiger partial charge in [-0.05, 0) is 50.9 Å². The van der Waals surface area contributed by atoms with Crippen LogP contribution >= 0.6 is 0 Å². The Morgan fingerprint density at radius 1 is 0.889 bits per heavy atom. The molecular weight excluding hydrogens is 450 g/mol. The molecule has 1 unspecified atom stereocenters. The van der Waals surface area contributed by atoms with Gasteiger partial charge in [-0.1, -0.05) is 58.3 Å². The molecule has 1 atom stereocenters. The smallest absolute Gasteiger partial charge is 0.410 e. The molecule has 6 heteroatoms. The largest absolute Gasteiger partial charge is 0.440 e. The van der Waals surface area contributed by atoms with Crippen molar-refractivity contribution < 1.29 is 14.3 Å². The zero-order chi connectivity index (χ0) is 25.0. The van der Waals surface area contributed by atoms with E-state index in [1.54, 1.807) is 0 Å². The van der Waals surface area contributed by atoms with Crippen LogP contribution in [0.4, 0.5) is 4.79 Å². The molecule has 0 aromatic rings. The first-order valence-electron chi connectivity index (χ1n) is 15.6. The van der Waals surface area contributed by atoms with E-state index in [-0.39, 0.29) is 17.7 Å². The lowest BCUT2D eigenvalue weighted by molar-refractivity contribution is -0.138. The third kappa shape index (κ3) is 5.73. The first kappa shape index (κ1) is 26.3. The van der Waals surface area contributed by atoms with Crippen molar-refractivity contribution in [2.45, 2.75) is 134 Å². The molecule has 3 heterocycles. The molecule has 36 heavy (non-hydrogen) atoms. The summed E-state index contributed by atoms with van der Waals surface area (Å²) in [5.74, 6) is 1.38. The van der Waals surface area contributed by atoms with Gasteiger partial charge in [-0.3, -0.25) is 9.69 Å². The molecule has 2 saturated carbocycles. The second-order valence-corrected chi connectivity index (χ2v) is 12.7. The van der Waals surface area contributed by atoms with Crippen LogP contribution < -0.4 is 0 Å². The maximum Gasteiger partial charge on any atom is 0.410 e. The van der Waals surface area contributed by atoms with E-state index in [2.05, 4.69) is 21.6 Å². The van der Waals surface area contributed by atoms with Crippen LogP contribution in [0.2, 0.25) is 0 Å². The van der Waals surface area contributed by atoms with Gasteiger partial charge in [-0.25, -0.2) is 4.79 Å². The van der Waals surface area contributed by atoms with Crippen molar-refractivity contribution in [1.82, 2.24) is 14.7 Å². The van der Waals surface area contributed by atoms with Crippen LogP contribution in [0.15, 0.2) is 0 Å². The van der Waals surface area contributed by atoms with Crippen LogP contribution in [-0.2, 0) is 9.53 Å². The second-order valence-electron chi connectivity index (χ2n) is 12.7. The molecule has 3 aliphatic heterocycles. The lowest BCUT2D eigenvalue weighted by atomic mass is 9.80. The monoisotopic (exact) mass is 501 g/mol. The molecule has 0 aromatic heterocycles. The van der Waals surface area contributed by atoms with Crippen LogP contribution in [0.1, 0.15) is 116 Å². The highest BCUT2D eigenvalue weighted by molar-refractivity contribution is 5.79. The van der Waals surface area contributed by atoms with E-state index in [1.807, 2.05) is 0 Å². The molecule has 6 nitrogen and oxygen atoms in total. The third-order valence-corrected chi connectivity index (χ3v) is 10.4. The van der Waals surface area contributed by atoms with Gasteiger partial charge < -0.3 is 14.5 Å². The van der Waals surface area contributed by atoms with E-state index in [1.165, 1.54) is 64.2 Å². The van der Waals surface area contributed by atoms with Crippen molar-refractivity contribution in [2.75, 3.05) is 32.7 Å². The number of piperidine rings is 2. The summed E-state index contributed by atoms with van der Waals surface area (Å²) in [5, 5.41) is 0. The fraction of sp³-hybridized carbons (Fsp3) is 0.933. The van der Waals surface area contributed by atoms with Crippen molar-refractivity contribution in [1.29, 1.82) is 0 Å². The highest BCUT2D eigenvalue weighted by atomic mass is 16.6. The Balaban J connectivity index is 1.15. The Morgan fingerprint density at radius 2 is 1.53 bits per heavy atom. The number of hydrogen-bond acceptors (Lipinski definition) is 4. The van der Waals surface area contributed by atoms with Crippen molar-refractivity contribution in [2.24, 2.45) is 11.8 Å². The number of unbranched alkanes of at least 4 members (excludes halogenated alkanes) is 1. The number of rotatable bonds is 7. The topological polar surface area (TPSA) is 53.1 Å². The first-order chi connectivity index (χ1) is 17.6. The van der Waals surface area contributed by atoms with E-state index in [4.69, 9.17) is 4.74 Å². The first-order valence-corrected chi connectivity index (χ1v) is 15.6. The Kier molecular flexibility index (Phi) is 8.80. The van der Waals surface area contributed by atoms with E-state index >= 15 is 0 Å². The summed E-state index contributed by atoms with van der Waals surface area (Å²) < 4.78 is 6.31. The van der Waals surface area contributed by atoms with Crippen molar-refractivity contribution in [3.05, 3.63) is 0 Å². The van der Waals surface area contributed by atoms with Crippen LogP contribution in [0.25, 0.3) is 0 Å². The normalized spacial score (nSPS) is 29.1. The molecule has 0 N–H and O–H groups in total. The standard InChI is InChI=1S/C30H51N3O3/c1-2-3-14-27-30(36-29(35)33(27)23-24-10-6-4-7-11-24)17-21-31(22-18-30)26-15-19-32(20-16-26)28(34)25-12-8-5-9-13-25/h24-27H,2-23H2,1H3. The van der Waals surface area contributed by atoms with Crippen molar-refractivity contribution in [3.63, 3.8) is 0 Å². The zero-order valence-electron chi connectivity index (χ0n) is 22.9. The number of carbonyl (C=O) groups is 2. The minimum Gasteiger partial charge on any atom is -0.440 e. The number of nitrogens with zero attached hydrogens (tertiary/aromatic N) is 3. The van der Waals surface area contributed by atoms with Gasteiger partial charge in [0.1, 0.15) is 5.60 Å². The summed E-state index contributed by atoms with van der Waals surface area (Å²) in [6.45, 7) is 7.05. The van der Waals surface area contributed by atoms with Gasteiger partial charge in [0.15, 0.2) is 0 Å². The van der Waals surface area contributed by atoms with Gasteiger partial charge in [0.25, 0.3) is 0 Å². The third-order valence-electron chi connectivity index (χ3n) is 10.4. The molecule has 204 valence electrons. The average Bonchev–Trinajstić information content (AvgIpc) is 3.18. The predicted octanol–water partition coefficient (Wildman–Crippen LogP) is 5.98. The van der Waals surface area contributed by atoms with Gasteiger partial charge in [0.05, 0.1) is 6.04 Å². The van der Waals surface area contributed by atoms with E-state index in [0.717, 1.165) is 77.7 Å². The Hall–Kier alpha value is -1.30. The predicted molar refractivity (Wildman–Crippen MR) is 143 cm³/mol. The zero-order valence-corrected chi connectivity index (χ0v) is 22.9. The molecule has 5 rings (SSSR count). The highest BCUT2D eigenvalue weighted by Gasteiger charge is 2.55.